The third-order valence-electron chi connectivity index (χ3n) is 2.77. The van der Waals surface area contributed by atoms with E-state index in [-0.39, 0.29) is 0 Å². The van der Waals surface area contributed by atoms with Gasteiger partial charge in [0.05, 0.1) is 0 Å². The fourth-order valence-corrected chi connectivity index (χ4v) is 5.51. The van der Waals surface area contributed by atoms with Gasteiger partial charge in [-0.1, -0.05) is 0 Å². The summed E-state index contributed by atoms with van der Waals surface area (Å²) in [5, 5.41) is -1.80. The van der Waals surface area contributed by atoms with Crippen LogP contribution in [0, 0.1) is 0 Å². The van der Waals surface area contributed by atoms with Gasteiger partial charge in [0.1, 0.15) is 0 Å². The van der Waals surface area contributed by atoms with Crippen molar-refractivity contribution in [3.8, 4) is 0 Å². The van der Waals surface area contributed by atoms with Gasteiger partial charge in [-0.15, -0.1) is 0 Å². The summed E-state index contributed by atoms with van der Waals surface area (Å²) in [6.07, 6.45) is 0.708. The van der Waals surface area contributed by atoms with Crippen LogP contribution >= 0.6 is 27.8 Å². The van der Waals surface area contributed by atoms with Gasteiger partial charge < -0.3 is 0 Å². The second-order valence-corrected chi connectivity index (χ2v) is 14.3. The first-order valence-corrected chi connectivity index (χ1v) is 10.2. The quantitative estimate of drug-likeness (QED) is 0.696. The van der Waals surface area contributed by atoms with Crippen LogP contribution in [0.15, 0.2) is 60.7 Å². The molecule has 0 aliphatic heterocycles. The van der Waals surface area contributed by atoms with Crippen molar-refractivity contribution < 1.29 is 0 Å². The molecule has 2 aromatic rings. The molecule has 0 nitrogen and oxygen atoms in total. The number of hydrogen-bond donors (Lipinski definition) is 0. The molecule has 90 valence electrons. The summed E-state index contributed by atoms with van der Waals surface area (Å²) in [5.41, 5.74) is 1.18. The normalized spacial score (nSPS) is 13.9. The molecule has 3 heteroatoms. The van der Waals surface area contributed by atoms with Gasteiger partial charge in [0.15, 0.2) is 0 Å². The molecular formula is C14H15Cl2P. The second kappa shape index (κ2) is 4.61. The molecule has 17 heavy (non-hydrogen) atoms. The Labute approximate surface area is 112 Å². The van der Waals surface area contributed by atoms with Crippen molar-refractivity contribution in [3.05, 3.63) is 66.2 Å². The average molecular weight is 285 g/mol. The Bertz CT molecular complexity index is 486. The van der Waals surface area contributed by atoms with E-state index < -0.39 is 5.31 Å². The minimum absolute atomic E-state index is 0.708. The predicted octanol–water partition coefficient (Wildman–Crippen LogP) is 5.00. The predicted molar refractivity (Wildman–Crippen MR) is 80.8 cm³/mol. The first-order chi connectivity index (χ1) is 7.96. The zero-order valence-electron chi connectivity index (χ0n) is 9.68. The number of hydrogen-bond acceptors (Lipinski definition) is 0. The maximum absolute atomic E-state index is 6.75. The maximum atomic E-state index is 6.75. The van der Waals surface area contributed by atoms with Crippen LogP contribution in [-0.4, -0.2) is 6.66 Å². The SMILES string of the molecule is CP(Cl)(Cl)(Cc1ccccc1)c1ccccc1. The molecule has 0 amide bonds. The molecule has 0 saturated heterocycles. The number of rotatable bonds is 3. The minimum atomic E-state index is -2.85. The van der Waals surface area contributed by atoms with Crippen LogP contribution in [0.5, 0.6) is 0 Å². The molecule has 0 radical (unpaired) electrons. The molecule has 0 aliphatic rings. The molecule has 0 N–H and O–H groups in total. The molecule has 0 aromatic heterocycles. The fourth-order valence-electron chi connectivity index (χ4n) is 1.88. The summed E-state index contributed by atoms with van der Waals surface area (Å²) in [7, 11) is 0. The Morgan fingerprint density at radius 1 is 0.824 bits per heavy atom. The van der Waals surface area contributed by atoms with Crippen molar-refractivity contribution in [1.29, 1.82) is 0 Å². The molecule has 0 bridgehead atoms. The van der Waals surface area contributed by atoms with E-state index in [1.54, 1.807) is 0 Å². The molecule has 0 saturated carbocycles. The van der Waals surface area contributed by atoms with Gasteiger partial charge >= 0.3 is 112 Å². The summed E-state index contributed by atoms with van der Waals surface area (Å²) in [6, 6.07) is 20.1. The molecule has 0 spiro atoms. The van der Waals surface area contributed by atoms with Gasteiger partial charge in [0.2, 0.25) is 0 Å². The zero-order valence-corrected chi connectivity index (χ0v) is 12.1. The fraction of sp³-hybridized carbons (Fsp3) is 0.143. The van der Waals surface area contributed by atoms with Crippen LogP contribution in [0.2, 0.25) is 0 Å². The van der Waals surface area contributed by atoms with Gasteiger partial charge in [-0.3, -0.25) is 0 Å². The Hall–Kier alpha value is -0.550. The van der Waals surface area contributed by atoms with Gasteiger partial charge in [-0.2, -0.15) is 0 Å². The van der Waals surface area contributed by atoms with E-state index in [2.05, 4.69) is 12.1 Å². The Morgan fingerprint density at radius 2 is 1.29 bits per heavy atom. The summed E-state index contributed by atoms with van der Waals surface area (Å²) in [5.74, 6) is 0. The number of halogens is 2. The van der Waals surface area contributed by atoms with Crippen LogP contribution in [0.3, 0.4) is 0 Å². The van der Waals surface area contributed by atoms with Gasteiger partial charge in [0.25, 0.3) is 0 Å². The Balaban J connectivity index is 2.35. The van der Waals surface area contributed by atoms with Gasteiger partial charge in [-0.05, 0) is 0 Å². The summed E-state index contributed by atoms with van der Waals surface area (Å²) >= 11 is 13.5. The standard InChI is InChI=1S/C14H15Cl2P/c1-17(15,16,14-10-6-3-7-11-14)12-13-8-4-2-5-9-13/h2-11H,12H2,1H3. The van der Waals surface area contributed by atoms with Crippen LogP contribution in [0.25, 0.3) is 0 Å². The van der Waals surface area contributed by atoms with E-state index in [1.807, 2.05) is 55.2 Å². The first kappa shape index (κ1) is 12.9. The Kier molecular flexibility index (Phi) is 3.50. The monoisotopic (exact) mass is 284 g/mol. The van der Waals surface area contributed by atoms with E-state index in [0.717, 1.165) is 5.30 Å². The molecule has 2 aromatic carbocycles. The van der Waals surface area contributed by atoms with E-state index in [4.69, 9.17) is 22.5 Å². The van der Waals surface area contributed by atoms with Crippen molar-refractivity contribution in [2.45, 2.75) is 6.16 Å². The third kappa shape index (κ3) is 3.22. The summed E-state index contributed by atoms with van der Waals surface area (Å²) in [4.78, 5) is 0. The molecule has 2 rings (SSSR count). The van der Waals surface area contributed by atoms with Crippen molar-refractivity contribution >= 4 is 33.1 Å². The Morgan fingerprint density at radius 3 is 1.82 bits per heavy atom. The van der Waals surface area contributed by atoms with Crippen LogP contribution in [0.4, 0.5) is 0 Å². The van der Waals surface area contributed by atoms with Crippen molar-refractivity contribution in [3.63, 3.8) is 0 Å². The van der Waals surface area contributed by atoms with Crippen molar-refractivity contribution in [1.82, 2.24) is 0 Å². The van der Waals surface area contributed by atoms with Gasteiger partial charge in [-0.25, -0.2) is 0 Å². The average Bonchev–Trinajstić information content (AvgIpc) is 2.30. The van der Waals surface area contributed by atoms with E-state index in [9.17, 15) is 0 Å². The van der Waals surface area contributed by atoms with E-state index in [1.165, 1.54) is 5.56 Å². The molecule has 0 unspecified atom stereocenters. The molecule has 0 fully saturated rings. The zero-order chi connectivity index (χ0) is 12.4. The first-order valence-electron chi connectivity index (χ1n) is 5.50. The van der Waals surface area contributed by atoms with E-state index >= 15 is 0 Å². The van der Waals surface area contributed by atoms with Crippen molar-refractivity contribution in [2.75, 3.05) is 6.66 Å². The van der Waals surface area contributed by atoms with E-state index in [0.29, 0.717) is 6.16 Å². The molecular weight excluding hydrogens is 270 g/mol. The number of benzene rings is 2. The third-order valence-corrected chi connectivity index (χ3v) is 7.31. The summed E-state index contributed by atoms with van der Waals surface area (Å²) in [6.45, 7) is 1.98. The molecule has 0 atom stereocenters. The second-order valence-electron chi connectivity index (χ2n) is 4.49. The van der Waals surface area contributed by atoms with Crippen LogP contribution in [-0.2, 0) is 6.16 Å². The van der Waals surface area contributed by atoms with Crippen LogP contribution in [0.1, 0.15) is 5.56 Å². The topological polar surface area (TPSA) is 0 Å². The van der Waals surface area contributed by atoms with Crippen molar-refractivity contribution in [2.24, 2.45) is 0 Å². The molecule has 0 heterocycles. The van der Waals surface area contributed by atoms with Gasteiger partial charge in [0, 0.05) is 0 Å². The summed E-state index contributed by atoms with van der Waals surface area (Å²) < 4.78 is 0. The van der Waals surface area contributed by atoms with Crippen LogP contribution < -0.4 is 5.30 Å². The molecule has 0 aliphatic carbocycles.